The maximum atomic E-state index is 12.7. The van der Waals surface area contributed by atoms with E-state index in [1.807, 2.05) is 24.3 Å². The molecule has 0 atom stereocenters. The first-order valence-corrected chi connectivity index (χ1v) is 13.0. The summed E-state index contributed by atoms with van der Waals surface area (Å²) in [5.74, 6) is 0.845. The minimum absolute atomic E-state index is 0.0581. The molecular weight excluding hydrogens is 456 g/mol. The van der Waals surface area contributed by atoms with Crippen molar-refractivity contribution in [1.29, 1.82) is 0 Å². The molecule has 0 spiro atoms. The van der Waals surface area contributed by atoms with Crippen molar-refractivity contribution in [1.82, 2.24) is 0 Å². The van der Waals surface area contributed by atoms with E-state index in [2.05, 4.69) is 60.7 Å². The summed E-state index contributed by atoms with van der Waals surface area (Å²) < 4.78 is 0. The summed E-state index contributed by atoms with van der Waals surface area (Å²) in [6.07, 6.45) is 0. The maximum Gasteiger partial charge on any atom is 0.173 e. The van der Waals surface area contributed by atoms with Gasteiger partial charge in [0.1, 0.15) is 0 Å². The van der Waals surface area contributed by atoms with Crippen LogP contribution in [0.2, 0.25) is 0 Å². The number of rotatable bonds is 8. The van der Waals surface area contributed by atoms with Crippen LogP contribution in [0.5, 0.6) is 0 Å². The predicted octanol–water partition coefficient (Wildman–Crippen LogP) is 7.94. The van der Waals surface area contributed by atoms with Gasteiger partial charge in [-0.3, -0.25) is 9.59 Å². The first-order chi connectivity index (χ1) is 16.7. The second-order valence-corrected chi connectivity index (χ2v) is 10.1. The standard InChI is InChI=1S/C30H22O2S2/c31-29(19-33-27-15-13-21-5-1-3-7-25(21)17-27)23-9-11-24(12-10-23)30(32)20-34-28-16-14-22-6-2-4-8-26(22)18-28/h1-18H,19-20H2. The Balaban J connectivity index is 1.17. The largest absolute Gasteiger partial charge is 0.293 e. The van der Waals surface area contributed by atoms with Crippen LogP contribution in [0.3, 0.4) is 0 Å². The lowest BCUT2D eigenvalue weighted by Crippen LogP contribution is -2.05. The Morgan fingerprint density at radius 3 is 1.26 bits per heavy atom. The molecule has 2 nitrogen and oxygen atoms in total. The highest BCUT2D eigenvalue weighted by atomic mass is 32.2. The molecule has 0 saturated heterocycles. The SMILES string of the molecule is O=C(CSc1ccc2ccccc2c1)c1ccc(C(=O)CSc2ccc3ccccc3c2)cc1. The van der Waals surface area contributed by atoms with E-state index in [1.165, 1.54) is 45.1 Å². The summed E-state index contributed by atoms with van der Waals surface area (Å²) in [4.78, 5) is 27.5. The molecule has 0 radical (unpaired) electrons. The Hall–Kier alpha value is -3.34. The summed E-state index contributed by atoms with van der Waals surface area (Å²) in [6.45, 7) is 0. The smallest absolute Gasteiger partial charge is 0.173 e. The van der Waals surface area contributed by atoms with E-state index in [0.717, 1.165) is 9.79 Å². The molecule has 5 rings (SSSR count). The normalized spacial score (nSPS) is 11.1. The van der Waals surface area contributed by atoms with E-state index in [4.69, 9.17) is 0 Å². The molecule has 0 heterocycles. The van der Waals surface area contributed by atoms with Gasteiger partial charge in [-0.15, -0.1) is 23.5 Å². The second kappa shape index (κ2) is 10.3. The highest BCUT2D eigenvalue weighted by Gasteiger charge is 2.11. The topological polar surface area (TPSA) is 34.1 Å². The molecule has 0 aliphatic carbocycles. The number of fused-ring (bicyclic) bond motifs is 2. The van der Waals surface area contributed by atoms with Crippen molar-refractivity contribution in [2.75, 3.05) is 11.5 Å². The van der Waals surface area contributed by atoms with Gasteiger partial charge in [-0.2, -0.15) is 0 Å². The number of hydrogen-bond acceptors (Lipinski definition) is 4. The average Bonchev–Trinajstić information content (AvgIpc) is 2.90. The van der Waals surface area contributed by atoms with Gasteiger partial charge in [0.15, 0.2) is 11.6 Å². The van der Waals surface area contributed by atoms with Crippen LogP contribution in [0.15, 0.2) is 119 Å². The zero-order valence-corrected chi connectivity index (χ0v) is 20.1. The molecule has 0 saturated carbocycles. The number of ketones is 2. The van der Waals surface area contributed by atoms with E-state index >= 15 is 0 Å². The van der Waals surface area contributed by atoms with E-state index < -0.39 is 0 Å². The first kappa shape index (κ1) is 22.5. The fourth-order valence-electron chi connectivity index (χ4n) is 3.82. The van der Waals surface area contributed by atoms with E-state index in [1.54, 1.807) is 24.3 Å². The molecule has 0 aromatic heterocycles. The quantitative estimate of drug-likeness (QED) is 0.167. The number of carbonyl (C=O) groups excluding carboxylic acids is 2. The van der Waals surface area contributed by atoms with Gasteiger partial charge < -0.3 is 0 Å². The minimum atomic E-state index is 0.0581. The third kappa shape index (κ3) is 5.24. The van der Waals surface area contributed by atoms with Gasteiger partial charge in [-0.25, -0.2) is 0 Å². The molecular formula is C30H22O2S2. The lowest BCUT2D eigenvalue weighted by Gasteiger charge is -2.06. The molecule has 4 heteroatoms. The highest BCUT2D eigenvalue weighted by molar-refractivity contribution is 8.00. The molecule has 0 aliphatic rings. The molecule has 34 heavy (non-hydrogen) atoms. The third-order valence-electron chi connectivity index (χ3n) is 5.71. The van der Waals surface area contributed by atoms with Crippen molar-refractivity contribution in [2.24, 2.45) is 0 Å². The fourth-order valence-corrected chi connectivity index (χ4v) is 5.50. The van der Waals surface area contributed by atoms with Crippen molar-refractivity contribution in [2.45, 2.75) is 9.79 Å². The van der Waals surface area contributed by atoms with Crippen molar-refractivity contribution in [3.05, 3.63) is 120 Å². The summed E-state index contributed by atoms with van der Waals surface area (Å²) in [5, 5.41) is 4.73. The molecule has 0 bridgehead atoms. The third-order valence-corrected chi connectivity index (χ3v) is 7.70. The monoisotopic (exact) mass is 478 g/mol. The van der Waals surface area contributed by atoms with Gasteiger partial charge in [0.05, 0.1) is 11.5 Å². The summed E-state index contributed by atoms with van der Waals surface area (Å²) in [7, 11) is 0. The lowest BCUT2D eigenvalue weighted by molar-refractivity contribution is 0.101. The van der Waals surface area contributed by atoms with Crippen LogP contribution in [0.1, 0.15) is 20.7 Å². The molecule has 0 aliphatic heterocycles. The fraction of sp³-hybridized carbons (Fsp3) is 0.0667. The Kier molecular flexibility index (Phi) is 6.79. The van der Waals surface area contributed by atoms with Gasteiger partial charge in [0.25, 0.3) is 0 Å². The Morgan fingerprint density at radius 2 is 0.853 bits per heavy atom. The Morgan fingerprint density at radius 1 is 0.471 bits per heavy atom. The first-order valence-electron chi connectivity index (χ1n) is 11.1. The summed E-state index contributed by atoms with van der Waals surface area (Å²) in [5.41, 5.74) is 1.26. The van der Waals surface area contributed by atoms with Crippen LogP contribution in [-0.2, 0) is 0 Å². The van der Waals surface area contributed by atoms with Gasteiger partial charge in [-0.1, -0.05) is 84.9 Å². The molecule has 0 fully saturated rings. The number of benzene rings is 5. The molecule has 5 aromatic rings. The zero-order valence-electron chi connectivity index (χ0n) is 18.4. The van der Waals surface area contributed by atoms with Crippen LogP contribution in [0.25, 0.3) is 21.5 Å². The summed E-state index contributed by atoms with van der Waals surface area (Å²) >= 11 is 3.07. The van der Waals surface area contributed by atoms with Crippen LogP contribution in [0, 0.1) is 0 Å². The molecule has 0 N–H and O–H groups in total. The molecule has 0 unspecified atom stereocenters. The van der Waals surface area contributed by atoms with Gasteiger partial charge in [0.2, 0.25) is 0 Å². The zero-order chi connectivity index (χ0) is 23.3. The highest BCUT2D eigenvalue weighted by Crippen LogP contribution is 2.26. The number of hydrogen-bond donors (Lipinski definition) is 0. The average molecular weight is 479 g/mol. The molecule has 5 aromatic carbocycles. The van der Waals surface area contributed by atoms with Crippen LogP contribution < -0.4 is 0 Å². The number of Topliss-reactive ketones (excluding diaryl/α,β-unsaturated/α-hetero) is 2. The number of thioether (sulfide) groups is 2. The minimum Gasteiger partial charge on any atom is -0.293 e. The Labute approximate surface area is 207 Å². The van der Waals surface area contributed by atoms with Crippen LogP contribution >= 0.6 is 23.5 Å². The maximum absolute atomic E-state index is 12.7. The van der Waals surface area contributed by atoms with Crippen LogP contribution in [-0.4, -0.2) is 23.1 Å². The lowest BCUT2D eigenvalue weighted by atomic mass is 10.1. The van der Waals surface area contributed by atoms with Crippen LogP contribution in [0.4, 0.5) is 0 Å². The second-order valence-electron chi connectivity index (χ2n) is 8.02. The predicted molar refractivity (Wildman–Crippen MR) is 144 cm³/mol. The van der Waals surface area contributed by atoms with Gasteiger partial charge in [0, 0.05) is 20.9 Å². The molecule has 0 amide bonds. The van der Waals surface area contributed by atoms with Crippen molar-refractivity contribution < 1.29 is 9.59 Å². The van der Waals surface area contributed by atoms with Crippen molar-refractivity contribution >= 4 is 56.6 Å². The van der Waals surface area contributed by atoms with Gasteiger partial charge >= 0.3 is 0 Å². The van der Waals surface area contributed by atoms with E-state index in [0.29, 0.717) is 22.6 Å². The van der Waals surface area contributed by atoms with Gasteiger partial charge in [-0.05, 0) is 45.8 Å². The summed E-state index contributed by atoms with van der Waals surface area (Å²) in [6, 6.07) is 35.9. The Bertz CT molecular complexity index is 1380. The van der Waals surface area contributed by atoms with E-state index in [9.17, 15) is 9.59 Å². The van der Waals surface area contributed by atoms with Crippen molar-refractivity contribution in [3.8, 4) is 0 Å². The van der Waals surface area contributed by atoms with Crippen molar-refractivity contribution in [3.63, 3.8) is 0 Å². The van der Waals surface area contributed by atoms with E-state index in [-0.39, 0.29) is 11.6 Å². The number of carbonyl (C=O) groups is 2. The molecule has 166 valence electrons.